The number of ether oxygens (including phenoxy) is 1. The Labute approximate surface area is 157 Å². The zero-order chi connectivity index (χ0) is 18.4. The number of fused-ring (bicyclic) bond motifs is 1. The maximum atomic E-state index is 12.3. The van der Waals surface area contributed by atoms with Crippen molar-refractivity contribution in [2.45, 2.75) is 20.4 Å². The molecule has 0 radical (unpaired) electrons. The van der Waals surface area contributed by atoms with E-state index in [9.17, 15) is 4.79 Å². The first-order valence-electron chi connectivity index (χ1n) is 8.67. The lowest BCUT2D eigenvalue weighted by atomic mass is 10.2. The molecule has 0 N–H and O–H groups in total. The Morgan fingerprint density at radius 1 is 1.19 bits per heavy atom. The van der Waals surface area contributed by atoms with Crippen LogP contribution in [0.5, 0.6) is 0 Å². The normalized spacial score (nSPS) is 12.3. The van der Waals surface area contributed by atoms with Crippen LogP contribution >= 0.6 is 11.3 Å². The van der Waals surface area contributed by atoms with E-state index in [1.54, 1.807) is 6.08 Å². The first kappa shape index (κ1) is 18.3. The van der Waals surface area contributed by atoms with Gasteiger partial charge in [0.15, 0.2) is 4.80 Å². The Hall–Kier alpha value is -2.50. The molecule has 0 bridgehead atoms. The minimum absolute atomic E-state index is 0.261. The summed E-state index contributed by atoms with van der Waals surface area (Å²) in [5.41, 5.74) is 3.27. The van der Waals surface area contributed by atoms with Crippen LogP contribution in [0.1, 0.15) is 18.1 Å². The second-order valence-electron chi connectivity index (χ2n) is 5.85. The first-order valence-corrected chi connectivity index (χ1v) is 9.49. The smallest absolute Gasteiger partial charge is 0.272 e. The van der Waals surface area contributed by atoms with Gasteiger partial charge < -0.3 is 9.30 Å². The molecule has 5 heteroatoms. The number of aryl methyl sites for hydroxylation is 1. The number of rotatable bonds is 6. The molecule has 0 saturated carbocycles. The third-order valence-electron chi connectivity index (χ3n) is 3.99. The molecule has 0 unspecified atom stereocenters. The maximum Gasteiger partial charge on any atom is 0.272 e. The zero-order valence-electron chi connectivity index (χ0n) is 15.0. The number of carbonyl (C=O) groups excluding carboxylic acids is 1. The molecule has 1 aromatic heterocycles. The number of nitrogens with zero attached hydrogens (tertiary/aromatic N) is 2. The van der Waals surface area contributed by atoms with Gasteiger partial charge in [0.05, 0.1) is 16.8 Å². The van der Waals surface area contributed by atoms with Crippen molar-refractivity contribution in [3.8, 4) is 0 Å². The van der Waals surface area contributed by atoms with Gasteiger partial charge in [0.2, 0.25) is 0 Å². The minimum Gasteiger partial charge on any atom is -0.380 e. The van der Waals surface area contributed by atoms with Crippen LogP contribution in [0.25, 0.3) is 16.3 Å². The zero-order valence-corrected chi connectivity index (χ0v) is 15.8. The summed E-state index contributed by atoms with van der Waals surface area (Å²) in [5.74, 6) is -0.261. The molecule has 0 fully saturated rings. The van der Waals surface area contributed by atoms with E-state index in [0.29, 0.717) is 24.6 Å². The Balaban J connectivity index is 1.96. The first-order chi connectivity index (χ1) is 12.7. The highest BCUT2D eigenvalue weighted by Crippen LogP contribution is 2.20. The SMILES string of the molecule is CCOCCn1c(=NC(=O)/C=C/c2ccccc2)sc2cccc(C)c21. The average Bonchev–Trinajstić information content (AvgIpc) is 3.00. The van der Waals surface area contributed by atoms with E-state index in [0.717, 1.165) is 15.8 Å². The Morgan fingerprint density at radius 3 is 2.77 bits per heavy atom. The second-order valence-corrected chi connectivity index (χ2v) is 6.86. The van der Waals surface area contributed by atoms with Crippen molar-refractivity contribution in [3.63, 3.8) is 0 Å². The highest BCUT2D eigenvalue weighted by Gasteiger charge is 2.09. The van der Waals surface area contributed by atoms with E-state index in [1.807, 2.05) is 43.3 Å². The van der Waals surface area contributed by atoms with Crippen LogP contribution in [-0.2, 0) is 16.1 Å². The molecule has 1 amide bonds. The van der Waals surface area contributed by atoms with Crippen molar-refractivity contribution in [1.29, 1.82) is 0 Å². The molecule has 0 atom stereocenters. The van der Waals surface area contributed by atoms with Crippen molar-refractivity contribution in [2.24, 2.45) is 4.99 Å². The lowest BCUT2D eigenvalue weighted by molar-refractivity contribution is -0.113. The molecule has 2 aromatic carbocycles. The lowest BCUT2D eigenvalue weighted by Gasteiger charge is -2.07. The van der Waals surface area contributed by atoms with Gasteiger partial charge in [-0.1, -0.05) is 53.8 Å². The van der Waals surface area contributed by atoms with Crippen LogP contribution in [0, 0.1) is 6.92 Å². The number of carbonyl (C=O) groups is 1. The highest BCUT2D eigenvalue weighted by molar-refractivity contribution is 7.16. The van der Waals surface area contributed by atoms with Crippen LogP contribution in [-0.4, -0.2) is 23.7 Å². The van der Waals surface area contributed by atoms with Crippen molar-refractivity contribution in [2.75, 3.05) is 13.2 Å². The van der Waals surface area contributed by atoms with Crippen LogP contribution in [0.2, 0.25) is 0 Å². The number of benzene rings is 2. The van der Waals surface area contributed by atoms with Gasteiger partial charge in [-0.3, -0.25) is 4.79 Å². The molecule has 3 rings (SSSR count). The largest absolute Gasteiger partial charge is 0.380 e. The molecule has 26 heavy (non-hydrogen) atoms. The predicted octanol–water partition coefficient (Wildman–Crippen LogP) is 4.19. The molecule has 0 aliphatic heterocycles. The monoisotopic (exact) mass is 366 g/mol. The maximum absolute atomic E-state index is 12.3. The summed E-state index contributed by atoms with van der Waals surface area (Å²) in [4.78, 5) is 17.4. The summed E-state index contributed by atoms with van der Waals surface area (Å²) < 4.78 is 8.71. The fraction of sp³-hybridized carbons (Fsp3) is 0.238. The van der Waals surface area contributed by atoms with E-state index in [4.69, 9.17) is 4.74 Å². The molecular formula is C21H22N2O2S. The van der Waals surface area contributed by atoms with Gasteiger partial charge in [0, 0.05) is 19.2 Å². The van der Waals surface area contributed by atoms with E-state index >= 15 is 0 Å². The minimum atomic E-state index is -0.261. The third-order valence-corrected chi connectivity index (χ3v) is 5.03. The Morgan fingerprint density at radius 2 is 2.00 bits per heavy atom. The molecule has 1 heterocycles. The summed E-state index contributed by atoms with van der Waals surface area (Å²) in [6, 6.07) is 15.9. The topological polar surface area (TPSA) is 43.6 Å². The molecule has 3 aromatic rings. The summed E-state index contributed by atoms with van der Waals surface area (Å²) in [6.07, 6.45) is 3.30. The van der Waals surface area contributed by atoms with E-state index in [-0.39, 0.29) is 5.91 Å². The molecule has 0 aliphatic rings. The lowest BCUT2D eigenvalue weighted by Crippen LogP contribution is -2.19. The summed E-state index contributed by atoms with van der Waals surface area (Å²) in [5, 5.41) is 0. The van der Waals surface area contributed by atoms with Crippen LogP contribution in [0.15, 0.2) is 59.6 Å². The number of amides is 1. The van der Waals surface area contributed by atoms with Gasteiger partial charge in [0.1, 0.15) is 0 Å². The van der Waals surface area contributed by atoms with E-state index in [2.05, 4.69) is 28.6 Å². The van der Waals surface area contributed by atoms with Gasteiger partial charge in [-0.05, 0) is 37.1 Å². The molecular weight excluding hydrogens is 344 g/mol. The molecule has 0 aliphatic carbocycles. The van der Waals surface area contributed by atoms with Crippen LogP contribution < -0.4 is 4.80 Å². The fourth-order valence-electron chi connectivity index (χ4n) is 2.76. The number of thiazole rings is 1. The average molecular weight is 366 g/mol. The van der Waals surface area contributed by atoms with Crippen molar-refractivity contribution >= 4 is 33.5 Å². The van der Waals surface area contributed by atoms with Crippen molar-refractivity contribution in [3.05, 3.63) is 70.5 Å². The molecule has 4 nitrogen and oxygen atoms in total. The summed E-state index contributed by atoms with van der Waals surface area (Å²) in [6.45, 7) is 6.00. The van der Waals surface area contributed by atoms with Gasteiger partial charge in [-0.15, -0.1) is 0 Å². The van der Waals surface area contributed by atoms with Crippen molar-refractivity contribution in [1.82, 2.24) is 4.57 Å². The Kier molecular flexibility index (Phi) is 6.15. The van der Waals surface area contributed by atoms with Gasteiger partial charge in [-0.2, -0.15) is 4.99 Å². The van der Waals surface area contributed by atoms with E-state index in [1.165, 1.54) is 23.0 Å². The standard InChI is InChI=1S/C21H22N2O2S/c1-3-25-15-14-23-20-16(2)8-7-11-18(20)26-21(23)22-19(24)13-12-17-9-5-4-6-10-17/h4-13H,3,14-15H2,1-2H3/b13-12+,22-21?. The summed E-state index contributed by atoms with van der Waals surface area (Å²) >= 11 is 1.53. The van der Waals surface area contributed by atoms with Gasteiger partial charge in [0.25, 0.3) is 5.91 Å². The quantitative estimate of drug-likeness (QED) is 0.485. The van der Waals surface area contributed by atoms with Crippen LogP contribution in [0.3, 0.4) is 0 Å². The molecule has 0 spiro atoms. The summed E-state index contributed by atoms with van der Waals surface area (Å²) in [7, 11) is 0. The number of hydrogen-bond donors (Lipinski definition) is 0. The highest BCUT2D eigenvalue weighted by atomic mass is 32.1. The predicted molar refractivity (Wildman–Crippen MR) is 107 cm³/mol. The van der Waals surface area contributed by atoms with Crippen LogP contribution in [0.4, 0.5) is 0 Å². The number of aromatic nitrogens is 1. The number of hydrogen-bond acceptors (Lipinski definition) is 3. The number of para-hydroxylation sites is 1. The third kappa shape index (κ3) is 4.36. The second kappa shape index (κ2) is 8.74. The van der Waals surface area contributed by atoms with Gasteiger partial charge in [-0.25, -0.2) is 0 Å². The fourth-order valence-corrected chi connectivity index (χ4v) is 3.90. The van der Waals surface area contributed by atoms with E-state index < -0.39 is 0 Å². The van der Waals surface area contributed by atoms with Crippen molar-refractivity contribution < 1.29 is 9.53 Å². The molecule has 134 valence electrons. The Bertz CT molecular complexity index is 984. The molecule has 0 saturated heterocycles. The van der Waals surface area contributed by atoms with Gasteiger partial charge >= 0.3 is 0 Å².